The molecule has 0 unspecified atom stereocenters. The van der Waals surface area contributed by atoms with E-state index in [1.54, 1.807) is 6.07 Å². The molecule has 0 saturated heterocycles. The minimum Gasteiger partial charge on any atom is -0.478 e. The van der Waals surface area contributed by atoms with Gasteiger partial charge in [0.05, 0.1) is 11.8 Å². The summed E-state index contributed by atoms with van der Waals surface area (Å²) in [5.74, 6) is -1.90. The third-order valence-electron chi connectivity index (χ3n) is 3.97. The fraction of sp³-hybridized carbons (Fsp3) is 0.150. The number of rotatable bonds is 6. The van der Waals surface area contributed by atoms with E-state index in [4.69, 9.17) is 0 Å². The summed E-state index contributed by atoms with van der Waals surface area (Å²) >= 11 is 0.854. The first-order valence-corrected chi connectivity index (χ1v) is 9.28. The topological polar surface area (TPSA) is 65.8 Å². The number of carboxylic acid groups (broad SMARTS) is 1. The predicted octanol–water partition coefficient (Wildman–Crippen LogP) is 4.96. The standard InChI is InChI=1S/C20H17F2N3O2S/c1-3-25(23-11-14-7-8-15(21)10-16(14)19(26)27)20-24-17(18(22)28-20)13-6-4-5-12(2)9-13/h4-11H,3H2,1-2H3,(H,26,27)/b23-11+. The Hall–Kier alpha value is -3.13. The van der Waals surface area contributed by atoms with Gasteiger partial charge in [-0.1, -0.05) is 35.1 Å². The summed E-state index contributed by atoms with van der Waals surface area (Å²) in [6, 6.07) is 10.8. The number of halogens is 2. The van der Waals surface area contributed by atoms with Gasteiger partial charge in [0.15, 0.2) is 0 Å². The molecule has 0 amide bonds. The number of hydrogen-bond donors (Lipinski definition) is 1. The molecule has 1 N–H and O–H groups in total. The molecule has 0 aliphatic heterocycles. The SMILES string of the molecule is CCN(/N=C/c1ccc(F)cc1C(=O)O)c1nc(-c2cccc(C)c2)c(F)s1. The highest BCUT2D eigenvalue weighted by molar-refractivity contribution is 7.14. The number of aryl methyl sites for hydroxylation is 1. The molecular formula is C20H17F2N3O2S. The van der Waals surface area contributed by atoms with Gasteiger partial charge >= 0.3 is 5.97 Å². The number of aromatic nitrogens is 1. The van der Waals surface area contributed by atoms with E-state index in [0.29, 0.717) is 17.2 Å². The minimum absolute atomic E-state index is 0.203. The van der Waals surface area contributed by atoms with Gasteiger partial charge in [0.1, 0.15) is 11.5 Å². The van der Waals surface area contributed by atoms with Crippen molar-refractivity contribution in [1.29, 1.82) is 0 Å². The van der Waals surface area contributed by atoms with Crippen molar-refractivity contribution in [2.45, 2.75) is 13.8 Å². The number of benzene rings is 2. The van der Waals surface area contributed by atoms with Gasteiger partial charge in [-0.2, -0.15) is 9.49 Å². The first kappa shape index (κ1) is 19.6. The van der Waals surface area contributed by atoms with Gasteiger partial charge in [-0.05, 0) is 38.1 Å². The number of carboxylic acids is 1. The van der Waals surface area contributed by atoms with Crippen molar-refractivity contribution < 1.29 is 18.7 Å². The van der Waals surface area contributed by atoms with E-state index in [9.17, 15) is 18.7 Å². The molecule has 0 saturated carbocycles. The molecule has 0 spiro atoms. The summed E-state index contributed by atoms with van der Waals surface area (Å²) in [6.45, 7) is 4.12. The lowest BCUT2D eigenvalue weighted by atomic mass is 10.1. The molecular weight excluding hydrogens is 384 g/mol. The van der Waals surface area contributed by atoms with E-state index in [-0.39, 0.29) is 16.8 Å². The third kappa shape index (κ3) is 4.23. The Morgan fingerprint density at radius 3 is 2.75 bits per heavy atom. The zero-order chi connectivity index (χ0) is 20.3. The van der Waals surface area contributed by atoms with Crippen LogP contribution in [-0.2, 0) is 0 Å². The second-order valence-corrected chi connectivity index (χ2v) is 6.91. The quantitative estimate of drug-likeness (QED) is 0.469. The monoisotopic (exact) mass is 401 g/mol. The summed E-state index contributed by atoms with van der Waals surface area (Å²) in [5, 5.41) is 14.8. The highest BCUT2D eigenvalue weighted by atomic mass is 32.1. The molecule has 0 aliphatic carbocycles. The number of carbonyl (C=O) groups is 1. The maximum Gasteiger partial charge on any atom is 0.336 e. The Labute approximate surface area is 164 Å². The fourth-order valence-electron chi connectivity index (χ4n) is 2.60. The van der Waals surface area contributed by atoms with Crippen LogP contribution in [0.5, 0.6) is 0 Å². The summed E-state index contributed by atoms with van der Waals surface area (Å²) in [7, 11) is 0. The van der Waals surface area contributed by atoms with Crippen LogP contribution in [0.2, 0.25) is 0 Å². The molecule has 0 fully saturated rings. The van der Waals surface area contributed by atoms with Crippen LogP contribution >= 0.6 is 11.3 Å². The summed E-state index contributed by atoms with van der Waals surface area (Å²) in [6.07, 6.45) is 1.30. The van der Waals surface area contributed by atoms with Crippen LogP contribution in [0.1, 0.15) is 28.4 Å². The van der Waals surface area contributed by atoms with Crippen LogP contribution in [-0.4, -0.2) is 28.8 Å². The Morgan fingerprint density at radius 2 is 2.07 bits per heavy atom. The average molecular weight is 401 g/mol. The summed E-state index contributed by atoms with van der Waals surface area (Å²) in [4.78, 5) is 15.6. The van der Waals surface area contributed by atoms with Crippen LogP contribution in [0.3, 0.4) is 0 Å². The smallest absolute Gasteiger partial charge is 0.336 e. The van der Waals surface area contributed by atoms with Crippen LogP contribution in [0.4, 0.5) is 13.9 Å². The number of thiazole rings is 1. The summed E-state index contributed by atoms with van der Waals surface area (Å²) < 4.78 is 27.8. The molecule has 0 atom stereocenters. The molecule has 2 aromatic carbocycles. The van der Waals surface area contributed by atoms with Gasteiger partial charge in [-0.3, -0.25) is 0 Å². The van der Waals surface area contributed by atoms with E-state index in [0.717, 1.165) is 29.0 Å². The second kappa shape index (κ2) is 8.26. The number of nitrogens with zero attached hydrogens (tertiary/aromatic N) is 3. The van der Waals surface area contributed by atoms with Crippen molar-refractivity contribution in [2.75, 3.05) is 11.6 Å². The van der Waals surface area contributed by atoms with Gasteiger partial charge in [-0.15, -0.1) is 0 Å². The fourth-order valence-corrected chi connectivity index (χ4v) is 3.44. The van der Waals surface area contributed by atoms with Crippen molar-refractivity contribution in [1.82, 2.24) is 4.98 Å². The van der Waals surface area contributed by atoms with E-state index in [1.165, 1.54) is 17.3 Å². The number of aromatic carboxylic acids is 1. The molecule has 0 aliphatic rings. The van der Waals surface area contributed by atoms with Gasteiger partial charge < -0.3 is 5.11 Å². The molecule has 144 valence electrons. The van der Waals surface area contributed by atoms with Gasteiger partial charge in [0.2, 0.25) is 10.3 Å². The first-order valence-electron chi connectivity index (χ1n) is 8.46. The lowest BCUT2D eigenvalue weighted by Gasteiger charge is -2.12. The van der Waals surface area contributed by atoms with E-state index >= 15 is 0 Å². The highest BCUT2D eigenvalue weighted by Gasteiger charge is 2.17. The molecule has 5 nitrogen and oxygen atoms in total. The van der Waals surface area contributed by atoms with Gasteiger partial charge in [0, 0.05) is 17.7 Å². The molecule has 8 heteroatoms. The van der Waals surface area contributed by atoms with Crippen LogP contribution in [0.25, 0.3) is 11.3 Å². The lowest BCUT2D eigenvalue weighted by molar-refractivity contribution is 0.0696. The third-order valence-corrected chi connectivity index (χ3v) is 4.83. The zero-order valence-electron chi connectivity index (χ0n) is 15.2. The minimum atomic E-state index is -1.26. The molecule has 1 aromatic heterocycles. The van der Waals surface area contributed by atoms with Crippen molar-refractivity contribution in [3.05, 3.63) is 70.1 Å². The average Bonchev–Trinajstić information content (AvgIpc) is 3.04. The van der Waals surface area contributed by atoms with Crippen LogP contribution in [0.15, 0.2) is 47.6 Å². The second-order valence-electron chi connectivity index (χ2n) is 5.99. The Bertz CT molecular complexity index is 1050. The zero-order valence-corrected chi connectivity index (χ0v) is 16.0. The van der Waals surface area contributed by atoms with E-state index < -0.39 is 16.9 Å². The predicted molar refractivity (Wildman–Crippen MR) is 106 cm³/mol. The molecule has 0 radical (unpaired) electrons. The first-order chi connectivity index (χ1) is 13.4. The Kier molecular flexibility index (Phi) is 5.79. The van der Waals surface area contributed by atoms with Crippen molar-refractivity contribution in [3.8, 4) is 11.3 Å². The molecule has 28 heavy (non-hydrogen) atoms. The number of anilines is 1. The number of hydrogen-bond acceptors (Lipinski definition) is 5. The number of hydrazone groups is 1. The van der Waals surface area contributed by atoms with Crippen LogP contribution < -0.4 is 5.01 Å². The Balaban J connectivity index is 1.92. The van der Waals surface area contributed by atoms with E-state index in [1.807, 2.05) is 32.0 Å². The van der Waals surface area contributed by atoms with Crippen molar-refractivity contribution in [3.63, 3.8) is 0 Å². The molecule has 3 rings (SSSR count). The van der Waals surface area contributed by atoms with Crippen molar-refractivity contribution >= 4 is 28.7 Å². The maximum absolute atomic E-state index is 14.5. The van der Waals surface area contributed by atoms with Gasteiger partial charge in [0.25, 0.3) is 0 Å². The highest BCUT2D eigenvalue weighted by Crippen LogP contribution is 2.32. The summed E-state index contributed by atoms with van der Waals surface area (Å²) in [5.41, 5.74) is 1.94. The normalized spacial score (nSPS) is 11.1. The Morgan fingerprint density at radius 1 is 1.29 bits per heavy atom. The van der Waals surface area contributed by atoms with Gasteiger partial charge in [-0.25, -0.2) is 19.2 Å². The molecule has 3 aromatic rings. The van der Waals surface area contributed by atoms with Crippen molar-refractivity contribution in [2.24, 2.45) is 5.10 Å². The van der Waals surface area contributed by atoms with E-state index in [2.05, 4.69) is 10.1 Å². The maximum atomic E-state index is 14.5. The largest absolute Gasteiger partial charge is 0.478 e. The lowest BCUT2D eigenvalue weighted by Crippen LogP contribution is -2.16. The molecule has 1 heterocycles. The molecule has 0 bridgehead atoms. The van der Waals surface area contributed by atoms with Crippen LogP contribution in [0, 0.1) is 17.9 Å².